The first kappa shape index (κ1) is 15.0. The Labute approximate surface area is 110 Å². The Morgan fingerprint density at radius 3 is 2.44 bits per heavy atom. The number of hydrogen-bond donors (Lipinski definition) is 1. The number of benzene rings is 1. The van der Waals surface area contributed by atoms with Crippen molar-refractivity contribution in [2.24, 2.45) is 11.7 Å². The van der Waals surface area contributed by atoms with Crippen LogP contribution in [0.5, 0.6) is 5.75 Å². The van der Waals surface area contributed by atoms with Gasteiger partial charge in [-0.25, -0.2) is 0 Å². The summed E-state index contributed by atoms with van der Waals surface area (Å²) in [6, 6.07) is 6.14. The van der Waals surface area contributed by atoms with Crippen LogP contribution in [0.15, 0.2) is 18.2 Å². The van der Waals surface area contributed by atoms with Crippen molar-refractivity contribution >= 4 is 0 Å². The summed E-state index contributed by atoms with van der Waals surface area (Å²) in [6.45, 7) is 10.3. The van der Waals surface area contributed by atoms with Crippen molar-refractivity contribution in [3.63, 3.8) is 0 Å². The van der Waals surface area contributed by atoms with Gasteiger partial charge in [-0.05, 0) is 37.0 Å². The molecule has 3 nitrogen and oxygen atoms in total. The van der Waals surface area contributed by atoms with Crippen LogP contribution >= 0.6 is 0 Å². The highest BCUT2D eigenvalue weighted by Crippen LogP contribution is 2.21. The fraction of sp³-hybridized carbons (Fsp3) is 0.600. The van der Waals surface area contributed by atoms with Crippen molar-refractivity contribution in [2.45, 2.75) is 33.7 Å². The van der Waals surface area contributed by atoms with Gasteiger partial charge in [0.25, 0.3) is 0 Å². The fourth-order valence-corrected chi connectivity index (χ4v) is 1.65. The largest absolute Gasteiger partial charge is 0.491 e. The van der Waals surface area contributed by atoms with E-state index >= 15 is 0 Å². The molecule has 2 N–H and O–H groups in total. The molecule has 0 aliphatic carbocycles. The first-order valence-electron chi connectivity index (χ1n) is 6.57. The molecule has 0 aromatic heterocycles. The maximum atomic E-state index is 5.84. The third kappa shape index (κ3) is 5.07. The first-order valence-corrected chi connectivity index (χ1v) is 6.57. The summed E-state index contributed by atoms with van der Waals surface area (Å²) in [7, 11) is 0. The summed E-state index contributed by atoms with van der Waals surface area (Å²) >= 11 is 0. The monoisotopic (exact) mass is 251 g/mol. The highest BCUT2D eigenvalue weighted by atomic mass is 16.5. The Balaban J connectivity index is 2.39. The van der Waals surface area contributed by atoms with Crippen LogP contribution in [0.4, 0.5) is 0 Å². The topological polar surface area (TPSA) is 44.5 Å². The van der Waals surface area contributed by atoms with Gasteiger partial charge in [-0.15, -0.1) is 0 Å². The van der Waals surface area contributed by atoms with E-state index < -0.39 is 0 Å². The molecule has 0 saturated heterocycles. The standard InChI is InChI=1S/C15H25NO2/c1-11(2)10-17-7-8-18-15-6-5-14(13(4)16)9-12(15)3/h5-6,9,11,13H,7-8,10,16H2,1-4H3/t13-/m0/s1. The predicted molar refractivity (Wildman–Crippen MR) is 74.9 cm³/mol. The Bertz CT molecular complexity index is 362. The molecule has 1 aromatic rings. The summed E-state index contributed by atoms with van der Waals surface area (Å²) in [6.07, 6.45) is 0. The van der Waals surface area contributed by atoms with E-state index in [1.807, 2.05) is 26.0 Å². The molecule has 0 amide bonds. The lowest BCUT2D eigenvalue weighted by molar-refractivity contribution is 0.0817. The van der Waals surface area contributed by atoms with Gasteiger partial charge in [0.15, 0.2) is 0 Å². The van der Waals surface area contributed by atoms with Crippen LogP contribution in [0, 0.1) is 12.8 Å². The van der Waals surface area contributed by atoms with Gasteiger partial charge in [0, 0.05) is 12.6 Å². The Morgan fingerprint density at radius 1 is 1.17 bits per heavy atom. The van der Waals surface area contributed by atoms with E-state index in [2.05, 4.69) is 19.9 Å². The molecule has 1 atom stereocenters. The SMILES string of the molecule is Cc1cc([C@H](C)N)ccc1OCCOCC(C)C. The van der Waals surface area contributed by atoms with Crippen molar-refractivity contribution in [3.8, 4) is 5.75 Å². The second kappa shape index (κ2) is 7.39. The minimum absolute atomic E-state index is 0.0622. The molecule has 0 aliphatic heterocycles. The molecular formula is C15H25NO2. The van der Waals surface area contributed by atoms with Gasteiger partial charge in [-0.1, -0.05) is 26.0 Å². The average Bonchev–Trinajstić information content (AvgIpc) is 2.29. The Kier molecular flexibility index (Phi) is 6.16. The lowest BCUT2D eigenvalue weighted by atomic mass is 10.1. The highest BCUT2D eigenvalue weighted by Gasteiger charge is 2.04. The van der Waals surface area contributed by atoms with Crippen LogP contribution in [0.25, 0.3) is 0 Å². The number of ether oxygens (including phenoxy) is 2. The Hall–Kier alpha value is -1.06. The zero-order chi connectivity index (χ0) is 13.5. The molecule has 0 saturated carbocycles. The van der Waals surface area contributed by atoms with Gasteiger partial charge in [0.05, 0.1) is 6.61 Å². The fourth-order valence-electron chi connectivity index (χ4n) is 1.65. The third-order valence-corrected chi connectivity index (χ3v) is 2.66. The van der Waals surface area contributed by atoms with Crippen LogP contribution in [0.3, 0.4) is 0 Å². The molecule has 0 radical (unpaired) electrons. The lowest BCUT2D eigenvalue weighted by Gasteiger charge is -2.13. The summed E-state index contributed by atoms with van der Waals surface area (Å²) in [5.74, 6) is 1.48. The maximum absolute atomic E-state index is 5.84. The van der Waals surface area contributed by atoms with Crippen molar-refractivity contribution < 1.29 is 9.47 Å². The van der Waals surface area contributed by atoms with Gasteiger partial charge in [-0.3, -0.25) is 0 Å². The molecule has 1 aromatic carbocycles. The molecule has 0 aliphatic rings. The molecule has 102 valence electrons. The third-order valence-electron chi connectivity index (χ3n) is 2.66. The first-order chi connectivity index (χ1) is 8.50. The lowest BCUT2D eigenvalue weighted by Crippen LogP contribution is -2.11. The summed E-state index contributed by atoms with van der Waals surface area (Å²) in [4.78, 5) is 0. The number of rotatable bonds is 7. The number of hydrogen-bond acceptors (Lipinski definition) is 3. The molecule has 0 bridgehead atoms. The van der Waals surface area contributed by atoms with Crippen LogP contribution < -0.4 is 10.5 Å². The minimum atomic E-state index is 0.0622. The van der Waals surface area contributed by atoms with E-state index in [1.54, 1.807) is 0 Å². The molecule has 18 heavy (non-hydrogen) atoms. The highest BCUT2D eigenvalue weighted by molar-refractivity contribution is 5.37. The molecule has 0 fully saturated rings. The minimum Gasteiger partial charge on any atom is -0.491 e. The van der Waals surface area contributed by atoms with E-state index in [4.69, 9.17) is 15.2 Å². The summed E-state index contributed by atoms with van der Waals surface area (Å²) in [5.41, 5.74) is 8.09. The van der Waals surface area contributed by atoms with Crippen LogP contribution in [-0.2, 0) is 4.74 Å². The molecular weight excluding hydrogens is 226 g/mol. The summed E-state index contributed by atoms with van der Waals surface area (Å²) < 4.78 is 11.2. The number of aryl methyl sites for hydroxylation is 1. The zero-order valence-corrected chi connectivity index (χ0v) is 11.9. The van der Waals surface area contributed by atoms with Gasteiger partial charge in [0.1, 0.15) is 12.4 Å². The van der Waals surface area contributed by atoms with Crippen molar-refractivity contribution in [1.29, 1.82) is 0 Å². The summed E-state index contributed by atoms with van der Waals surface area (Å²) in [5, 5.41) is 0. The Morgan fingerprint density at radius 2 is 1.89 bits per heavy atom. The maximum Gasteiger partial charge on any atom is 0.122 e. The molecule has 3 heteroatoms. The van der Waals surface area contributed by atoms with E-state index in [0.29, 0.717) is 19.1 Å². The molecule has 0 heterocycles. The van der Waals surface area contributed by atoms with E-state index in [1.165, 1.54) is 0 Å². The predicted octanol–water partition coefficient (Wildman–Crippen LogP) is 3.07. The molecule has 0 unspecified atom stereocenters. The second-order valence-electron chi connectivity index (χ2n) is 5.13. The van der Waals surface area contributed by atoms with Gasteiger partial charge in [0.2, 0.25) is 0 Å². The van der Waals surface area contributed by atoms with Crippen molar-refractivity contribution in [3.05, 3.63) is 29.3 Å². The average molecular weight is 251 g/mol. The van der Waals surface area contributed by atoms with E-state index in [0.717, 1.165) is 23.5 Å². The van der Waals surface area contributed by atoms with Crippen molar-refractivity contribution in [2.75, 3.05) is 19.8 Å². The van der Waals surface area contributed by atoms with Gasteiger partial charge in [-0.2, -0.15) is 0 Å². The van der Waals surface area contributed by atoms with E-state index in [-0.39, 0.29) is 6.04 Å². The molecule has 0 spiro atoms. The smallest absolute Gasteiger partial charge is 0.122 e. The molecule has 1 rings (SSSR count). The normalized spacial score (nSPS) is 12.8. The van der Waals surface area contributed by atoms with Crippen LogP contribution in [0.1, 0.15) is 37.9 Å². The van der Waals surface area contributed by atoms with Crippen molar-refractivity contribution in [1.82, 2.24) is 0 Å². The van der Waals surface area contributed by atoms with Crippen LogP contribution in [-0.4, -0.2) is 19.8 Å². The zero-order valence-electron chi connectivity index (χ0n) is 11.9. The quantitative estimate of drug-likeness (QED) is 0.757. The van der Waals surface area contributed by atoms with Gasteiger partial charge >= 0.3 is 0 Å². The second-order valence-corrected chi connectivity index (χ2v) is 5.13. The van der Waals surface area contributed by atoms with Gasteiger partial charge < -0.3 is 15.2 Å². The number of nitrogens with two attached hydrogens (primary N) is 1. The van der Waals surface area contributed by atoms with Crippen LogP contribution in [0.2, 0.25) is 0 Å². The van der Waals surface area contributed by atoms with E-state index in [9.17, 15) is 0 Å².